The molecule has 1 heterocycles. The largest absolute Gasteiger partial charge is 0.389 e. The molecule has 72 valence electrons. The number of thioether (sulfide) groups is 1. The summed E-state index contributed by atoms with van der Waals surface area (Å²) in [6.07, 6.45) is 1.31. The molecule has 1 aromatic rings. The summed E-state index contributed by atoms with van der Waals surface area (Å²) < 4.78 is 0. The van der Waals surface area contributed by atoms with Crippen molar-refractivity contribution in [1.29, 1.82) is 0 Å². The fourth-order valence-corrected chi connectivity index (χ4v) is 1.69. The van der Waals surface area contributed by atoms with Crippen LogP contribution in [-0.2, 0) is 0 Å². The molecule has 0 amide bonds. The molecule has 1 rings (SSSR count). The first-order chi connectivity index (χ1) is 6.09. The predicted molar refractivity (Wildman–Crippen MR) is 55.9 cm³/mol. The number of hydrogen-bond donors (Lipinski definition) is 1. The number of aliphatic hydroxyl groups is 1. The van der Waals surface area contributed by atoms with Crippen molar-refractivity contribution in [2.75, 3.05) is 0 Å². The molecular weight excluding hydrogens is 182 g/mol. The minimum Gasteiger partial charge on any atom is -0.389 e. The molecule has 0 aromatic carbocycles. The summed E-state index contributed by atoms with van der Waals surface area (Å²) in [5.74, 6) is 0. The van der Waals surface area contributed by atoms with Crippen LogP contribution >= 0.6 is 11.8 Å². The third kappa shape index (κ3) is 3.36. The van der Waals surface area contributed by atoms with Gasteiger partial charge in [-0.25, -0.2) is 4.98 Å². The summed E-state index contributed by atoms with van der Waals surface area (Å²) in [6, 6.07) is 3.87. The summed E-state index contributed by atoms with van der Waals surface area (Å²) in [5, 5.41) is 10.8. The van der Waals surface area contributed by atoms with Crippen molar-refractivity contribution >= 4 is 11.8 Å². The van der Waals surface area contributed by atoms with Gasteiger partial charge in [-0.3, -0.25) is 0 Å². The van der Waals surface area contributed by atoms with E-state index in [1.165, 1.54) is 0 Å². The maximum atomic E-state index is 9.25. The van der Waals surface area contributed by atoms with E-state index in [0.717, 1.165) is 10.6 Å². The van der Waals surface area contributed by atoms with Gasteiger partial charge in [0, 0.05) is 11.4 Å². The normalized spacial score (nSPS) is 13.3. The Labute approximate surface area is 83.4 Å². The Bertz CT molecular complexity index is 256. The van der Waals surface area contributed by atoms with Crippen LogP contribution in [0.25, 0.3) is 0 Å². The van der Waals surface area contributed by atoms with Crippen LogP contribution in [-0.4, -0.2) is 15.3 Å². The summed E-state index contributed by atoms with van der Waals surface area (Å²) in [5.41, 5.74) is 0.869. The van der Waals surface area contributed by atoms with E-state index in [1.807, 2.05) is 12.1 Å². The van der Waals surface area contributed by atoms with E-state index >= 15 is 0 Å². The predicted octanol–water partition coefficient (Wildman–Crippen LogP) is 2.64. The number of pyridine rings is 1. The average molecular weight is 197 g/mol. The van der Waals surface area contributed by atoms with E-state index in [9.17, 15) is 5.11 Å². The zero-order chi connectivity index (χ0) is 9.84. The highest BCUT2D eigenvalue weighted by molar-refractivity contribution is 7.99. The molecule has 0 aliphatic heterocycles. The molecular formula is C10H15NOS. The molecule has 0 aliphatic carbocycles. The van der Waals surface area contributed by atoms with E-state index in [0.29, 0.717) is 5.25 Å². The number of nitrogens with zero attached hydrogens (tertiary/aromatic N) is 1. The highest BCUT2D eigenvalue weighted by Gasteiger charge is 2.02. The second-order valence-electron chi connectivity index (χ2n) is 3.27. The standard InChI is InChI=1S/C10H15NOS/c1-7(2)13-10-5-4-9(6-11-10)8(3)12/h4-8,12H,1-3H3/t8-/m0/s1. The fourth-order valence-electron chi connectivity index (χ4n) is 0.950. The van der Waals surface area contributed by atoms with Crippen molar-refractivity contribution in [3.63, 3.8) is 0 Å². The Kier molecular flexibility index (Phi) is 3.75. The molecule has 0 radical (unpaired) electrons. The lowest BCUT2D eigenvalue weighted by molar-refractivity contribution is 0.198. The van der Waals surface area contributed by atoms with Gasteiger partial charge in [-0.15, -0.1) is 11.8 Å². The molecule has 3 heteroatoms. The van der Waals surface area contributed by atoms with E-state index in [1.54, 1.807) is 24.9 Å². The summed E-state index contributed by atoms with van der Waals surface area (Å²) >= 11 is 1.73. The second-order valence-corrected chi connectivity index (χ2v) is 4.87. The highest BCUT2D eigenvalue weighted by Crippen LogP contribution is 2.21. The summed E-state index contributed by atoms with van der Waals surface area (Å²) in [4.78, 5) is 4.24. The number of hydrogen-bond acceptors (Lipinski definition) is 3. The van der Waals surface area contributed by atoms with Crippen LogP contribution in [0.2, 0.25) is 0 Å². The van der Waals surface area contributed by atoms with Gasteiger partial charge in [-0.2, -0.15) is 0 Å². The SMILES string of the molecule is CC(C)Sc1ccc([C@H](C)O)cn1. The lowest BCUT2D eigenvalue weighted by Gasteiger charge is -2.06. The monoisotopic (exact) mass is 197 g/mol. The van der Waals surface area contributed by atoms with Gasteiger partial charge in [0.25, 0.3) is 0 Å². The zero-order valence-electron chi connectivity index (χ0n) is 8.19. The minimum atomic E-state index is -0.425. The lowest BCUT2D eigenvalue weighted by atomic mass is 10.2. The molecule has 1 aromatic heterocycles. The van der Waals surface area contributed by atoms with Gasteiger partial charge < -0.3 is 5.11 Å². The number of aromatic nitrogens is 1. The van der Waals surface area contributed by atoms with Crippen LogP contribution in [0.15, 0.2) is 23.4 Å². The Hall–Kier alpha value is -0.540. The minimum absolute atomic E-state index is 0.425. The molecule has 1 N–H and O–H groups in total. The van der Waals surface area contributed by atoms with Gasteiger partial charge in [0.05, 0.1) is 11.1 Å². The molecule has 2 nitrogen and oxygen atoms in total. The van der Waals surface area contributed by atoms with Crippen molar-refractivity contribution < 1.29 is 5.11 Å². The van der Waals surface area contributed by atoms with E-state index in [4.69, 9.17) is 0 Å². The molecule has 13 heavy (non-hydrogen) atoms. The van der Waals surface area contributed by atoms with Gasteiger partial charge in [0.1, 0.15) is 0 Å². The van der Waals surface area contributed by atoms with Crippen molar-refractivity contribution in [3.8, 4) is 0 Å². The molecule has 1 atom stereocenters. The molecule has 0 spiro atoms. The number of rotatable bonds is 3. The maximum absolute atomic E-state index is 9.25. The lowest BCUT2D eigenvalue weighted by Crippen LogP contribution is -1.93. The fraction of sp³-hybridized carbons (Fsp3) is 0.500. The molecule has 0 saturated heterocycles. The summed E-state index contributed by atoms with van der Waals surface area (Å²) in [7, 11) is 0. The van der Waals surface area contributed by atoms with Crippen LogP contribution in [0.4, 0.5) is 0 Å². The van der Waals surface area contributed by atoms with Crippen molar-refractivity contribution in [2.24, 2.45) is 0 Å². The average Bonchev–Trinajstić information content (AvgIpc) is 2.04. The molecule has 0 saturated carbocycles. The first-order valence-electron chi connectivity index (χ1n) is 4.40. The van der Waals surface area contributed by atoms with Crippen molar-refractivity contribution in [2.45, 2.75) is 37.2 Å². The van der Waals surface area contributed by atoms with Crippen molar-refractivity contribution in [3.05, 3.63) is 23.9 Å². The smallest absolute Gasteiger partial charge is 0.0962 e. The molecule has 0 bridgehead atoms. The van der Waals surface area contributed by atoms with Gasteiger partial charge in [0.2, 0.25) is 0 Å². The highest BCUT2D eigenvalue weighted by atomic mass is 32.2. The van der Waals surface area contributed by atoms with E-state index in [2.05, 4.69) is 18.8 Å². The van der Waals surface area contributed by atoms with Crippen LogP contribution in [0, 0.1) is 0 Å². The Morgan fingerprint density at radius 1 is 1.31 bits per heavy atom. The summed E-state index contributed by atoms with van der Waals surface area (Å²) in [6.45, 7) is 6.01. The first kappa shape index (κ1) is 10.5. The Balaban J connectivity index is 2.70. The van der Waals surface area contributed by atoms with Gasteiger partial charge in [-0.05, 0) is 18.6 Å². The van der Waals surface area contributed by atoms with Crippen LogP contribution in [0.1, 0.15) is 32.4 Å². The molecule has 0 unspecified atom stereocenters. The Morgan fingerprint density at radius 2 is 2.00 bits per heavy atom. The quantitative estimate of drug-likeness (QED) is 0.756. The maximum Gasteiger partial charge on any atom is 0.0962 e. The third-order valence-corrected chi connectivity index (χ3v) is 2.55. The molecule has 0 fully saturated rings. The van der Waals surface area contributed by atoms with Crippen molar-refractivity contribution in [1.82, 2.24) is 4.98 Å². The van der Waals surface area contributed by atoms with Crippen LogP contribution < -0.4 is 0 Å². The van der Waals surface area contributed by atoms with E-state index in [-0.39, 0.29) is 0 Å². The van der Waals surface area contributed by atoms with Crippen LogP contribution in [0.3, 0.4) is 0 Å². The van der Waals surface area contributed by atoms with Gasteiger partial charge >= 0.3 is 0 Å². The topological polar surface area (TPSA) is 33.1 Å². The van der Waals surface area contributed by atoms with E-state index < -0.39 is 6.10 Å². The second kappa shape index (κ2) is 4.63. The third-order valence-electron chi connectivity index (χ3n) is 1.60. The number of aliphatic hydroxyl groups excluding tert-OH is 1. The Morgan fingerprint density at radius 3 is 2.38 bits per heavy atom. The van der Waals surface area contributed by atoms with Crippen LogP contribution in [0.5, 0.6) is 0 Å². The molecule has 0 aliphatic rings. The zero-order valence-corrected chi connectivity index (χ0v) is 9.01. The first-order valence-corrected chi connectivity index (χ1v) is 5.28. The van der Waals surface area contributed by atoms with Gasteiger partial charge in [0.15, 0.2) is 0 Å². The van der Waals surface area contributed by atoms with Gasteiger partial charge in [-0.1, -0.05) is 19.9 Å².